The molecule has 2 aliphatic rings. The van der Waals surface area contributed by atoms with E-state index in [1.807, 2.05) is 103 Å². The molecule has 2 aromatic heterocycles. The first-order chi connectivity index (χ1) is 57.2. The van der Waals surface area contributed by atoms with E-state index in [1.165, 1.54) is 31.2 Å². The van der Waals surface area contributed by atoms with Crippen molar-refractivity contribution in [1.82, 2.24) is 61.6 Å². The average Bonchev–Trinajstić information content (AvgIpc) is 1.33. The number of hydrogen-bond donors (Lipinski definition) is 12. The van der Waals surface area contributed by atoms with Gasteiger partial charge in [0, 0.05) is 114 Å². The number of anilines is 3. The molecule has 0 radical (unpaired) electrons. The van der Waals surface area contributed by atoms with E-state index < -0.39 is 102 Å². The number of likely N-dealkylation sites (N-methyl/N-ethyl adjacent to an activating group) is 2. The summed E-state index contributed by atoms with van der Waals surface area (Å²) in [5.74, 6) is -3.67. The lowest BCUT2D eigenvalue weighted by molar-refractivity contribution is -0.146. The van der Waals surface area contributed by atoms with Crippen molar-refractivity contribution >= 4 is 93.3 Å². The number of urea groups is 1. The molecule has 6 aromatic rings. The van der Waals surface area contributed by atoms with E-state index in [4.69, 9.17) is 47.2 Å². The summed E-state index contributed by atoms with van der Waals surface area (Å²) in [6.07, 6.45) is 3.74. The number of H-pyrrole nitrogens is 1. The molecule has 0 unspecified atom stereocenters. The highest BCUT2D eigenvalue weighted by atomic mass is 35.5. The van der Waals surface area contributed by atoms with Gasteiger partial charge >= 0.3 is 12.1 Å². The van der Waals surface area contributed by atoms with Crippen LogP contribution in [0.25, 0.3) is 33.5 Å². The standard InChI is InChI=1S/C88H127ClFN17O13/c1-15-55(9)77(70(118-14)48-72(109)107-38-20-23-65(107)45-56(10)82(111)98-57(11)79(110)59-21-17-16-18-22-59)104(12)86(115)75(52(4)5)103-85(114)76(53(6)7)105(13)88(117)120-50-58-25-28-64(29-26-58)99-83(112)68(24-19-34-96-87(92)116)102-84(113)74(51(2)3)94-37-42-119-41-33-71(108)93-35-36-95-80-73(81-100-67-30-27-61(89)47-69(67)101-81)78(106-39-31-63(91)32-40-106)66(49-97-80)60-43-54(8)44-62(90)46-60/h16-18,21-22,25-30,43-44,46-47,49,51-53,55-57,63,65,68,70,74-77,79,94,110H,15,19-20,23-24,31-42,45,48,50,91H2,1-14H3,(H,93,108)(H,95,97)(H,98,111)(H,99,112)(H,100,101)(H,102,113)(H,103,114)(H3,92,96,116)/t55-,56+,57+,65-,68-,70+,74-,75-,76-,77-,79+/m0/s1. The third-order valence-corrected chi connectivity index (χ3v) is 22.8. The Hall–Kier alpha value is -10.1. The molecule has 32 heteroatoms. The highest BCUT2D eigenvalue weighted by molar-refractivity contribution is 6.31. The monoisotopic (exact) mass is 1680 g/mol. The first-order valence-corrected chi connectivity index (χ1v) is 42.4. The van der Waals surface area contributed by atoms with Crippen molar-refractivity contribution in [3.05, 3.63) is 125 Å². The summed E-state index contributed by atoms with van der Waals surface area (Å²) < 4.78 is 32.8. The second-order valence-electron chi connectivity index (χ2n) is 32.9. The number of carbonyl (C=O) groups is 9. The number of aromatic nitrogens is 3. The number of amides is 10. The van der Waals surface area contributed by atoms with E-state index in [-0.39, 0.29) is 119 Å². The number of benzene rings is 4. The normalized spacial score (nSPS) is 16.3. The number of aromatic amines is 1. The molecule has 4 aromatic carbocycles. The van der Waals surface area contributed by atoms with Gasteiger partial charge in [0.2, 0.25) is 41.4 Å². The molecule has 30 nitrogen and oxygen atoms in total. The fourth-order valence-corrected chi connectivity index (χ4v) is 15.9. The Balaban J connectivity index is 0.798. The van der Waals surface area contributed by atoms with Gasteiger partial charge in [0.05, 0.1) is 72.3 Å². The van der Waals surface area contributed by atoms with Crippen molar-refractivity contribution in [1.29, 1.82) is 0 Å². The zero-order valence-corrected chi connectivity index (χ0v) is 72.7. The molecule has 11 atom stereocenters. The van der Waals surface area contributed by atoms with Crippen molar-refractivity contribution in [2.24, 2.45) is 41.1 Å². The van der Waals surface area contributed by atoms with Crippen LogP contribution in [-0.4, -0.2) is 223 Å². The molecule has 120 heavy (non-hydrogen) atoms. The van der Waals surface area contributed by atoms with Crippen molar-refractivity contribution < 1.29 is 66.9 Å². The number of ether oxygens (including phenoxy) is 3. The molecule has 2 saturated heterocycles. The number of methoxy groups -OCH3 is 1. The van der Waals surface area contributed by atoms with Crippen molar-refractivity contribution in [3.63, 3.8) is 0 Å². The minimum Gasteiger partial charge on any atom is -0.445 e. The van der Waals surface area contributed by atoms with Gasteiger partial charge in [-0.1, -0.05) is 129 Å². The van der Waals surface area contributed by atoms with E-state index in [0.717, 1.165) is 41.6 Å². The zero-order valence-electron chi connectivity index (χ0n) is 72.0. The number of rotatable bonds is 44. The van der Waals surface area contributed by atoms with E-state index in [0.29, 0.717) is 89.0 Å². The van der Waals surface area contributed by atoms with Gasteiger partial charge in [0.15, 0.2) is 0 Å². The molecule has 0 spiro atoms. The number of nitrogens with zero attached hydrogens (tertiary/aromatic N) is 6. The number of aliphatic hydroxyl groups excluding tert-OH is 1. The molecule has 0 bridgehead atoms. The summed E-state index contributed by atoms with van der Waals surface area (Å²) in [7, 11) is 4.62. The number of primary amides is 1. The Morgan fingerprint density at radius 1 is 0.767 bits per heavy atom. The summed E-state index contributed by atoms with van der Waals surface area (Å²) >= 11 is 6.41. The van der Waals surface area contributed by atoms with Gasteiger partial charge in [0.25, 0.3) is 0 Å². The number of likely N-dealkylation sites (tertiary alicyclic amines) is 1. The van der Waals surface area contributed by atoms with Gasteiger partial charge in [-0.3, -0.25) is 38.5 Å². The number of fused-ring (bicyclic) bond motifs is 1. The van der Waals surface area contributed by atoms with Crippen LogP contribution in [0.5, 0.6) is 0 Å². The van der Waals surface area contributed by atoms with Crippen LogP contribution in [0.15, 0.2) is 97.2 Å². The van der Waals surface area contributed by atoms with Crippen LogP contribution in [0, 0.1) is 42.3 Å². The molecule has 14 N–H and O–H groups in total. The number of hydrogen-bond acceptors (Lipinski definition) is 19. The molecule has 2 aliphatic heterocycles. The topological polar surface area (TPSA) is 404 Å². The molecule has 0 saturated carbocycles. The van der Waals surface area contributed by atoms with Gasteiger partial charge in [0.1, 0.15) is 42.2 Å². The van der Waals surface area contributed by atoms with Crippen LogP contribution in [0.3, 0.4) is 0 Å². The minimum atomic E-state index is -1.08. The van der Waals surface area contributed by atoms with Crippen LogP contribution in [0.4, 0.5) is 31.2 Å². The van der Waals surface area contributed by atoms with E-state index in [2.05, 4.69) is 52.4 Å². The number of halogens is 2. The number of nitrogens with one attached hydrogen (secondary N) is 9. The molecule has 656 valence electrons. The highest BCUT2D eigenvalue weighted by Gasteiger charge is 2.42. The predicted octanol–water partition coefficient (Wildman–Crippen LogP) is 9.71. The van der Waals surface area contributed by atoms with Crippen LogP contribution >= 0.6 is 11.6 Å². The summed E-state index contributed by atoms with van der Waals surface area (Å²) in [4.78, 5) is 144. The van der Waals surface area contributed by atoms with Gasteiger partial charge in [-0.25, -0.2) is 23.9 Å². The number of carbonyl (C=O) groups excluding carboxylic acids is 9. The molecular formula is C88H127ClFN17O13. The van der Waals surface area contributed by atoms with Crippen molar-refractivity contribution in [2.75, 3.05) is 95.8 Å². The Morgan fingerprint density at radius 3 is 2.13 bits per heavy atom. The maximum absolute atomic E-state index is 15.1. The maximum Gasteiger partial charge on any atom is 0.410 e. The zero-order chi connectivity index (χ0) is 87.6. The SMILES string of the molecule is CC[C@H](C)[C@@H]([C@@H](CC(=O)N1CCC[C@H]1C[C@@H](C)C(=O)N[C@H](C)[C@@H](O)c1ccccc1)OC)N(C)C(=O)[C@@H](NC(=O)[C@H](C(C)C)N(C)C(=O)OCc1ccc(NC(=O)[C@H](CCCNC(N)=O)NC(=O)[C@@H](NCCOCCC(=O)NCCNc2ncc(-c3cc(C)cc(F)c3)c(N3CCC(N)CC3)c2-c2nc3ccc(Cl)cc3[nH]2)C(C)C)cc1)C(C)C. The number of piperidine rings is 1. The van der Waals surface area contributed by atoms with Crippen LogP contribution < -0.4 is 58.9 Å². The minimum absolute atomic E-state index is 0.0370. The summed E-state index contributed by atoms with van der Waals surface area (Å²) in [6, 6.07) is 19.9. The van der Waals surface area contributed by atoms with Crippen LogP contribution in [0.1, 0.15) is 156 Å². The van der Waals surface area contributed by atoms with Gasteiger partial charge in [-0.05, 0) is 147 Å². The van der Waals surface area contributed by atoms with Gasteiger partial charge in [-0.2, -0.15) is 0 Å². The number of aryl methyl sites for hydroxylation is 1. The molecule has 0 aliphatic carbocycles. The fraction of sp³-hybridized carbons (Fsp3) is 0.557. The quantitative estimate of drug-likeness (QED) is 0.0158. The molecule has 4 heterocycles. The molecule has 8 rings (SSSR count). The lowest BCUT2D eigenvalue weighted by Crippen LogP contribution is -2.60. The number of aliphatic hydroxyl groups is 1. The smallest absolute Gasteiger partial charge is 0.410 e. The number of nitrogens with two attached hydrogens (primary N) is 2. The van der Waals surface area contributed by atoms with E-state index in [1.54, 1.807) is 75.3 Å². The van der Waals surface area contributed by atoms with E-state index in [9.17, 15) is 48.3 Å². The Morgan fingerprint density at radius 2 is 1.48 bits per heavy atom. The third kappa shape index (κ3) is 27.0. The maximum atomic E-state index is 15.1. The largest absolute Gasteiger partial charge is 0.445 e. The predicted molar refractivity (Wildman–Crippen MR) is 464 cm³/mol. The summed E-state index contributed by atoms with van der Waals surface area (Å²) in [5.41, 5.74) is 18.4. The lowest BCUT2D eigenvalue weighted by atomic mass is 9.89. The fourth-order valence-electron chi connectivity index (χ4n) is 15.7. The second kappa shape index (κ2) is 46.1. The molecule has 2 fully saturated rings. The first-order valence-electron chi connectivity index (χ1n) is 42.0. The average molecular weight is 1690 g/mol. The number of imidazole rings is 1. The van der Waals surface area contributed by atoms with E-state index >= 15 is 4.39 Å². The first kappa shape index (κ1) is 95.4. The molecular weight excluding hydrogens is 1560 g/mol. The van der Waals surface area contributed by atoms with Crippen molar-refractivity contribution in [2.45, 2.75) is 208 Å². The Labute approximate surface area is 709 Å². The Kier molecular flexibility index (Phi) is 36.7. The Bertz CT molecular complexity index is 4380. The second-order valence-corrected chi connectivity index (χ2v) is 33.3. The lowest BCUT2D eigenvalue weighted by Gasteiger charge is -2.40. The molecule has 10 amide bonds. The third-order valence-electron chi connectivity index (χ3n) is 22.6. The summed E-state index contributed by atoms with van der Waals surface area (Å²) in [5, 5.41) is 35.2. The van der Waals surface area contributed by atoms with Gasteiger partial charge < -0.3 is 93.0 Å². The highest BCUT2D eigenvalue weighted by Crippen LogP contribution is 2.44. The van der Waals surface area contributed by atoms with Gasteiger partial charge in [-0.15, -0.1) is 0 Å². The number of pyridine rings is 1. The van der Waals surface area contributed by atoms with Crippen molar-refractivity contribution in [3.8, 4) is 22.5 Å². The summed E-state index contributed by atoms with van der Waals surface area (Å²) in [6.45, 7) is 23.0. The van der Waals surface area contributed by atoms with Crippen LogP contribution in [0.2, 0.25) is 5.02 Å². The van der Waals surface area contributed by atoms with Crippen LogP contribution in [-0.2, 0) is 54.4 Å².